The molecule has 2 heteroatoms. The lowest BCUT2D eigenvalue weighted by atomic mass is 9.87. The Balaban J connectivity index is 2.27. The van der Waals surface area contributed by atoms with Crippen LogP contribution in [-0.2, 0) is 0 Å². The smallest absolute Gasteiger partial charge is 0.0237 e. The largest absolute Gasteiger partial charge is 0.312 e. The minimum Gasteiger partial charge on any atom is -0.312 e. The first-order valence-electron chi connectivity index (χ1n) is 6.90. The summed E-state index contributed by atoms with van der Waals surface area (Å²) in [5, 5.41) is 3.76. The molecule has 1 fully saturated rings. The van der Waals surface area contributed by atoms with Gasteiger partial charge in [-0.15, -0.1) is 0 Å². The Bertz CT molecular complexity index is 173. The van der Waals surface area contributed by atoms with Crippen LogP contribution in [0.25, 0.3) is 0 Å². The molecule has 1 unspecified atom stereocenters. The third kappa shape index (κ3) is 4.42. The van der Waals surface area contributed by atoms with Crippen molar-refractivity contribution >= 4 is 0 Å². The van der Waals surface area contributed by atoms with E-state index in [9.17, 15) is 0 Å². The van der Waals surface area contributed by atoms with Gasteiger partial charge in [-0.3, -0.25) is 0 Å². The summed E-state index contributed by atoms with van der Waals surface area (Å²) in [6.45, 7) is 8.15. The summed E-state index contributed by atoms with van der Waals surface area (Å²) >= 11 is 0. The molecule has 1 aliphatic rings. The Morgan fingerprint density at radius 1 is 1.12 bits per heavy atom. The van der Waals surface area contributed by atoms with Gasteiger partial charge in [-0.2, -0.15) is 0 Å². The van der Waals surface area contributed by atoms with Gasteiger partial charge in [0.2, 0.25) is 0 Å². The fourth-order valence-electron chi connectivity index (χ4n) is 2.77. The SMILES string of the molecule is CC1CCC(NCC(C(C)C)N(C)C)CC1. The Labute approximate surface area is 102 Å². The monoisotopic (exact) mass is 226 g/mol. The predicted molar refractivity (Wildman–Crippen MR) is 71.7 cm³/mol. The van der Waals surface area contributed by atoms with Crippen molar-refractivity contribution in [3.8, 4) is 0 Å². The van der Waals surface area contributed by atoms with Gasteiger partial charge < -0.3 is 10.2 Å². The average molecular weight is 226 g/mol. The second kappa shape index (κ2) is 6.61. The molecule has 0 amide bonds. The molecule has 16 heavy (non-hydrogen) atoms. The van der Waals surface area contributed by atoms with Crippen molar-refractivity contribution < 1.29 is 0 Å². The maximum Gasteiger partial charge on any atom is 0.0237 e. The van der Waals surface area contributed by atoms with E-state index in [1.165, 1.54) is 25.7 Å². The highest BCUT2D eigenvalue weighted by atomic mass is 15.1. The molecule has 2 nitrogen and oxygen atoms in total. The topological polar surface area (TPSA) is 15.3 Å². The van der Waals surface area contributed by atoms with Gasteiger partial charge in [-0.05, 0) is 51.6 Å². The van der Waals surface area contributed by atoms with E-state index in [4.69, 9.17) is 0 Å². The Morgan fingerprint density at radius 3 is 2.12 bits per heavy atom. The van der Waals surface area contributed by atoms with E-state index in [1.54, 1.807) is 0 Å². The first kappa shape index (κ1) is 14.0. The van der Waals surface area contributed by atoms with E-state index in [2.05, 4.69) is 45.1 Å². The van der Waals surface area contributed by atoms with Crippen LogP contribution in [-0.4, -0.2) is 37.6 Å². The van der Waals surface area contributed by atoms with Crippen LogP contribution >= 0.6 is 0 Å². The minimum absolute atomic E-state index is 0.666. The summed E-state index contributed by atoms with van der Waals surface area (Å²) in [6.07, 6.45) is 5.57. The van der Waals surface area contributed by atoms with Crippen LogP contribution in [0.3, 0.4) is 0 Å². The van der Waals surface area contributed by atoms with Crippen LogP contribution in [0.2, 0.25) is 0 Å². The molecule has 0 spiro atoms. The van der Waals surface area contributed by atoms with Gasteiger partial charge in [0.05, 0.1) is 0 Å². The van der Waals surface area contributed by atoms with E-state index >= 15 is 0 Å². The van der Waals surface area contributed by atoms with Crippen LogP contribution in [0.1, 0.15) is 46.5 Å². The van der Waals surface area contributed by atoms with Gasteiger partial charge in [0.25, 0.3) is 0 Å². The van der Waals surface area contributed by atoms with E-state index in [0.29, 0.717) is 6.04 Å². The van der Waals surface area contributed by atoms with Gasteiger partial charge >= 0.3 is 0 Å². The summed E-state index contributed by atoms with van der Waals surface area (Å²) in [4.78, 5) is 2.35. The molecule has 0 radical (unpaired) electrons. The zero-order chi connectivity index (χ0) is 12.1. The second-order valence-corrected chi connectivity index (χ2v) is 6.14. The summed E-state index contributed by atoms with van der Waals surface area (Å²) < 4.78 is 0. The highest BCUT2D eigenvalue weighted by Crippen LogP contribution is 2.23. The fourth-order valence-corrected chi connectivity index (χ4v) is 2.77. The molecule has 0 heterocycles. The molecule has 0 aliphatic heterocycles. The van der Waals surface area contributed by atoms with E-state index in [1.807, 2.05) is 0 Å². The molecule has 1 N–H and O–H groups in total. The zero-order valence-corrected chi connectivity index (χ0v) is 11.8. The number of rotatable bonds is 5. The third-order valence-electron chi connectivity index (χ3n) is 4.06. The molecular formula is C14H30N2. The quantitative estimate of drug-likeness (QED) is 0.775. The molecule has 0 saturated heterocycles. The minimum atomic E-state index is 0.666. The van der Waals surface area contributed by atoms with Gasteiger partial charge in [-0.1, -0.05) is 20.8 Å². The van der Waals surface area contributed by atoms with Crippen LogP contribution < -0.4 is 5.32 Å². The summed E-state index contributed by atoms with van der Waals surface area (Å²) in [5.74, 6) is 1.68. The molecule has 1 rings (SSSR count). The number of hydrogen-bond acceptors (Lipinski definition) is 2. The normalized spacial score (nSPS) is 28.7. The van der Waals surface area contributed by atoms with E-state index < -0.39 is 0 Å². The molecule has 1 atom stereocenters. The molecule has 0 aromatic carbocycles. The first-order chi connectivity index (χ1) is 7.50. The van der Waals surface area contributed by atoms with Crippen molar-refractivity contribution in [3.05, 3.63) is 0 Å². The molecule has 1 saturated carbocycles. The molecule has 96 valence electrons. The fraction of sp³-hybridized carbons (Fsp3) is 1.00. The van der Waals surface area contributed by atoms with Crippen LogP contribution in [0.5, 0.6) is 0 Å². The van der Waals surface area contributed by atoms with Crippen LogP contribution in [0, 0.1) is 11.8 Å². The standard InChI is InChI=1S/C14H30N2/c1-11(2)14(16(4)5)10-15-13-8-6-12(3)7-9-13/h11-15H,6-10H2,1-5H3. The molecule has 0 aromatic heterocycles. The Morgan fingerprint density at radius 2 is 1.69 bits per heavy atom. The molecular weight excluding hydrogens is 196 g/mol. The maximum absolute atomic E-state index is 3.76. The molecule has 1 aliphatic carbocycles. The summed E-state index contributed by atoms with van der Waals surface area (Å²) in [6, 6.07) is 1.44. The lowest BCUT2D eigenvalue weighted by molar-refractivity contribution is 0.206. The first-order valence-corrected chi connectivity index (χ1v) is 6.90. The van der Waals surface area contributed by atoms with Gasteiger partial charge in [-0.25, -0.2) is 0 Å². The maximum atomic E-state index is 3.76. The lowest BCUT2D eigenvalue weighted by Crippen LogP contribution is -2.45. The van der Waals surface area contributed by atoms with Crippen LogP contribution in [0.4, 0.5) is 0 Å². The highest BCUT2D eigenvalue weighted by molar-refractivity contribution is 4.79. The Hall–Kier alpha value is -0.0800. The number of likely N-dealkylation sites (N-methyl/N-ethyl adjacent to an activating group) is 1. The van der Waals surface area contributed by atoms with Crippen molar-refractivity contribution in [1.29, 1.82) is 0 Å². The zero-order valence-electron chi connectivity index (χ0n) is 11.8. The van der Waals surface area contributed by atoms with Gasteiger partial charge in [0, 0.05) is 18.6 Å². The van der Waals surface area contributed by atoms with Gasteiger partial charge in [0.1, 0.15) is 0 Å². The number of hydrogen-bond donors (Lipinski definition) is 1. The van der Waals surface area contributed by atoms with E-state index in [-0.39, 0.29) is 0 Å². The highest BCUT2D eigenvalue weighted by Gasteiger charge is 2.20. The van der Waals surface area contributed by atoms with Crippen molar-refractivity contribution in [3.63, 3.8) is 0 Å². The average Bonchev–Trinajstić information content (AvgIpc) is 2.20. The number of nitrogens with zero attached hydrogens (tertiary/aromatic N) is 1. The Kier molecular flexibility index (Phi) is 5.77. The van der Waals surface area contributed by atoms with Crippen molar-refractivity contribution in [2.75, 3.05) is 20.6 Å². The summed E-state index contributed by atoms with van der Waals surface area (Å²) in [7, 11) is 4.38. The van der Waals surface area contributed by atoms with Crippen molar-refractivity contribution in [2.24, 2.45) is 11.8 Å². The third-order valence-corrected chi connectivity index (χ3v) is 4.06. The van der Waals surface area contributed by atoms with Gasteiger partial charge in [0.15, 0.2) is 0 Å². The summed E-state index contributed by atoms with van der Waals surface area (Å²) in [5.41, 5.74) is 0. The lowest BCUT2D eigenvalue weighted by Gasteiger charge is -2.32. The predicted octanol–water partition coefficient (Wildman–Crippen LogP) is 2.74. The van der Waals surface area contributed by atoms with E-state index in [0.717, 1.165) is 24.4 Å². The van der Waals surface area contributed by atoms with Crippen LogP contribution in [0.15, 0.2) is 0 Å². The van der Waals surface area contributed by atoms with Crippen molar-refractivity contribution in [1.82, 2.24) is 10.2 Å². The number of nitrogens with one attached hydrogen (secondary N) is 1. The second-order valence-electron chi connectivity index (χ2n) is 6.14. The van der Waals surface area contributed by atoms with Crippen molar-refractivity contribution in [2.45, 2.75) is 58.5 Å². The molecule has 0 aromatic rings. The molecule has 0 bridgehead atoms.